The molecule has 0 radical (unpaired) electrons. The van der Waals surface area contributed by atoms with E-state index in [4.69, 9.17) is 0 Å². The Labute approximate surface area is 207 Å². The number of aromatic nitrogens is 2. The second-order valence-electron chi connectivity index (χ2n) is 10.3. The topological polar surface area (TPSA) is 76.3 Å². The van der Waals surface area contributed by atoms with Gasteiger partial charge in [0.05, 0.1) is 23.2 Å². The summed E-state index contributed by atoms with van der Waals surface area (Å²) in [7, 11) is 0. The highest BCUT2D eigenvalue weighted by Crippen LogP contribution is 2.46. The number of carbonyl (C=O) groups excluding carboxylic acids is 2. The van der Waals surface area contributed by atoms with E-state index in [1.807, 2.05) is 34.9 Å². The summed E-state index contributed by atoms with van der Waals surface area (Å²) in [6.45, 7) is 6.47. The molecular weight excluding hydrogens is 452 g/mol. The van der Waals surface area contributed by atoms with Gasteiger partial charge in [-0.3, -0.25) is 19.3 Å². The molecule has 7 heteroatoms. The molecule has 0 bridgehead atoms. The van der Waals surface area contributed by atoms with Crippen molar-refractivity contribution in [2.24, 2.45) is 0 Å². The van der Waals surface area contributed by atoms with Gasteiger partial charge < -0.3 is 14.5 Å². The zero-order chi connectivity index (χ0) is 24.9. The lowest BCUT2D eigenvalue weighted by molar-refractivity contribution is -0.139. The number of aryl methyl sites for hydroxylation is 2. The van der Waals surface area contributed by atoms with Gasteiger partial charge in [-0.25, -0.2) is 0 Å². The standard InChI is InChI=1S/C29H26N4O3/c1-15(2)32-13-20-24(19-12-18-7-4-6-17-10-11-31(27(17)18)28(19)35)26-22(14-33(16(3)34)29(26)36)30-21-8-5-9-23(32)25(20)21/h4-9,12-13,15,24,30H,10-11,14H2,1-3H3. The molecule has 3 aliphatic rings. The fraction of sp³-hybridized carbons (Fsp3) is 0.276. The van der Waals surface area contributed by atoms with Crippen molar-refractivity contribution in [3.63, 3.8) is 0 Å². The lowest BCUT2D eigenvalue weighted by atomic mass is 9.84. The Bertz CT molecular complexity index is 1750. The van der Waals surface area contributed by atoms with Gasteiger partial charge in [0.2, 0.25) is 5.91 Å². The van der Waals surface area contributed by atoms with Crippen LogP contribution in [0.1, 0.15) is 49.4 Å². The third kappa shape index (κ3) is 2.65. The predicted molar refractivity (Wildman–Crippen MR) is 139 cm³/mol. The molecular formula is C29H26N4O3. The molecule has 0 saturated heterocycles. The van der Waals surface area contributed by atoms with Crippen LogP contribution in [-0.4, -0.2) is 32.4 Å². The largest absolute Gasteiger partial charge is 0.356 e. The summed E-state index contributed by atoms with van der Waals surface area (Å²) < 4.78 is 4.07. The number of benzene rings is 2. The van der Waals surface area contributed by atoms with Crippen molar-refractivity contribution in [1.29, 1.82) is 0 Å². The van der Waals surface area contributed by atoms with Crippen molar-refractivity contribution in [1.82, 2.24) is 14.0 Å². The maximum Gasteiger partial charge on any atom is 0.259 e. The number of pyridine rings is 1. The van der Waals surface area contributed by atoms with Crippen molar-refractivity contribution < 1.29 is 9.59 Å². The maximum atomic E-state index is 14.1. The number of para-hydroxylation sites is 1. The third-order valence-electron chi connectivity index (χ3n) is 7.97. The average molecular weight is 479 g/mol. The molecule has 1 unspecified atom stereocenters. The molecule has 1 N–H and O–H groups in total. The van der Waals surface area contributed by atoms with Gasteiger partial charge in [0.1, 0.15) is 0 Å². The van der Waals surface area contributed by atoms with Crippen LogP contribution in [0, 0.1) is 0 Å². The summed E-state index contributed by atoms with van der Waals surface area (Å²) in [5, 5.41) is 5.51. The molecule has 5 heterocycles. The van der Waals surface area contributed by atoms with Crippen LogP contribution in [0.25, 0.3) is 21.8 Å². The number of anilines is 1. The summed E-state index contributed by atoms with van der Waals surface area (Å²) in [5.74, 6) is -1.21. The van der Waals surface area contributed by atoms with E-state index in [0.29, 0.717) is 23.4 Å². The molecule has 0 spiro atoms. The quantitative estimate of drug-likeness (QED) is 0.466. The van der Waals surface area contributed by atoms with Gasteiger partial charge in [-0.15, -0.1) is 0 Å². The third-order valence-corrected chi connectivity index (χ3v) is 7.97. The summed E-state index contributed by atoms with van der Waals surface area (Å²) in [5.41, 5.74) is 6.72. The van der Waals surface area contributed by atoms with Crippen LogP contribution in [0.3, 0.4) is 0 Å². The molecule has 2 aromatic carbocycles. The van der Waals surface area contributed by atoms with Crippen molar-refractivity contribution in [2.45, 2.75) is 45.7 Å². The fourth-order valence-corrected chi connectivity index (χ4v) is 6.38. The molecule has 0 fully saturated rings. The second-order valence-corrected chi connectivity index (χ2v) is 10.3. The molecule has 0 saturated carbocycles. The molecule has 7 rings (SSSR count). The highest BCUT2D eigenvalue weighted by Gasteiger charge is 2.43. The molecule has 3 aliphatic heterocycles. The molecule has 2 aromatic heterocycles. The molecule has 7 nitrogen and oxygen atoms in total. The van der Waals surface area contributed by atoms with Gasteiger partial charge in [-0.05, 0) is 55.0 Å². The number of hydrogen-bond donors (Lipinski definition) is 1. The van der Waals surface area contributed by atoms with E-state index < -0.39 is 5.92 Å². The van der Waals surface area contributed by atoms with E-state index in [1.54, 1.807) is 0 Å². The zero-order valence-corrected chi connectivity index (χ0v) is 20.5. The van der Waals surface area contributed by atoms with Crippen LogP contribution in [0.15, 0.2) is 64.7 Å². The molecule has 36 heavy (non-hydrogen) atoms. The smallest absolute Gasteiger partial charge is 0.259 e. The van der Waals surface area contributed by atoms with Crippen LogP contribution in [0.4, 0.5) is 5.69 Å². The van der Waals surface area contributed by atoms with Gasteiger partial charge >= 0.3 is 0 Å². The Morgan fingerprint density at radius 2 is 1.89 bits per heavy atom. The van der Waals surface area contributed by atoms with E-state index in [0.717, 1.165) is 39.5 Å². The number of hydrogen-bond acceptors (Lipinski definition) is 4. The van der Waals surface area contributed by atoms with E-state index >= 15 is 0 Å². The lowest BCUT2D eigenvalue weighted by Gasteiger charge is -2.20. The van der Waals surface area contributed by atoms with Crippen molar-refractivity contribution in [2.75, 3.05) is 11.9 Å². The van der Waals surface area contributed by atoms with Crippen LogP contribution >= 0.6 is 0 Å². The lowest BCUT2D eigenvalue weighted by Crippen LogP contribution is -2.34. The number of nitrogens with zero attached hydrogens (tertiary/aromatic N) is 3. The number of carbonyl (C=O) groups is 2. The van der Waals surface area contributed by atoms with Crippen molar-refractivity contribution in [3.05, 3.63) is 87.0 Å². The van der Waals surface area contributed by atoms with Gasteiger partial charge in [0.25, 0.3) is 11.5 Å². The highest BCUT2D eigenvalue weighted by atomic mass is 16.2. The minimum atomic E-state index is -0.583. The van der Waals surface area contributed by atoms with Crippen LogP contribution in [-0.2, 0) is 22.6 Å². The molecule has 180 valence electrons. The first kappa shape index (κ1) is 21.2. The minimum absolute atomic E-state index is 0.0665. The monoisotopic (exact) mass is 478 g/mol. The fourth-order valence-electron chi connectivity index (χ4n) is 6.38. The Morgan fingerprint density at radius 3 is 2.67 bits per heavy atom. The molecule has 0 aliphatic carbocycles. The summed E-state index contributed by atoms with van der Waals surface area (Å²) in [6.07, 6.45) is 2.92. The second kappa shape index (κ2) is 7.20. The first-order valence-electron chi connectivity index (χ1n) is 12.5. The Kier molecular flexibility index (Phi) is 4.23. The summed E-state index contributed by atoms with van der Waals surface area (Å²) in [6, 6.07) is 14.4. The van der Waals surface area contributed by atoms with E-state index in [-0.39, 0.29) is 30.0 Å². The Balaban J connectivity index is 1.59. The van der Waals surface area contributed by atoms with Crippen LogP contribution < -0.4 is 10.9 Å². The van der Waals surface area contributed by atoms with Crippen molar-refractivity contribution >= 4 is 39.3 Å². The van der Waals surface area contributed by atoms with Gasteiger partial charge in [0, 0.05) is 54.0 Å². The van der Waals surface area contributed by atoms with Crippen molar-refractivity contribution in [3.8, 4) is 0 Å². The molecule has 1 atom stereocenters. The summed E-state index contributed by atoms with van der Waals surface area (Å²) in [4.78, 5) is 41.5. The number of imide groups is 1. The first-order chi connectivity index (χ1) is 17.3. The average Bonchev–Trinajstić information content (AvgIpc) is 3.51. The van der Waals surface area contributed by atoms with E-state index in [1.165, 1.54) is 17.4 Å². The number of rotatable bonds is 2. The van der Waals surface area contributed by atoms with Gasteiger partial charge in [0.15, 0.2) is 0 Å². The minimum Gasteiger partial charge on any atom is -0.356 e. The van der Waals surface area contributed by atoms with Crippen LogP contribution in [0.5, 0.6) is 0 Å². The normalized spacial score (nSPS) is 18.4. The highest BCUT2D eigenvalue weighted by molar-refractivity contribution is 6.11. The van der Waals surface area contributed by atoms with E-state index in [2.05, 4.69) is 42.1 Å². The number of amides is 2. The van der Waals surface area contributed by atoms with Gasteiger partial charge in [-0.1, -0.05) is 24.3 Å². The zero-order valence-electron chi connectivity index (χ0n) is 20.5. The van der Waals surface area contributed by atoms with Gasteiger partial charge in [-0.2, -0.15) is 0 Å². The first-order valence-corrected chi connectivity index (χ1v) is 12.5. The Hall–Kier alpha value is -4.13. The Morgan fingerprint density at radius 1 is 1.08 bits per heavy atom. The maximum absolute atomic E-state index is 14.1. The van der Waals surface area contributed by atoms with E-state index in [9.17, 15) is 14.4 Å². The number of nitrogens with one attached hydrogen (secondary N) is 1. The molecule has 4 aromatic rings. The SMILES string of the molecule is CC(=O)N1CC2=C(C1=O)C(c1cc3cccc4c3n(c1=O)CC4)c1cn(C(C)C)c3cccc(c13)N2. The molecule has 2 amide bonds. The predicted octanol–water partition coefficient (Wildman–Crippen LogP) is 4.29. The summed E-state index contributed by atoms with van der Waals surface area (Å²) >= 11 is 0. The van der Waals surface area contributed by atoms with Crippen LogP contribution in [0.2, 0.25) is 0 Å².